The number of hydrogen-bond acceptors (Lipinski definition) is 4. The highest BCUT2D eigenvalue weighted by Crippen LogP contribution is 2.40. The molecule has 0 aliphatic heterocycles. The van der Waals surface area contributed by atoms with Crippen LogP contribution in [0.3, 0.4) is 0 Å². The highest BCUT2D eigenvalue weighted by atomic mass is 32.1. The van der Waals surface area contributed by atoms with Gasteiger partial charge in [0.2, 0.25) is 0 Å². The van der Waals surface area contributed by atoms with Gasteiger partial charge in [-0.1, -0.05) is 23.4 Å². The van der Waals surface area contributed by atoms with Crippen molar-refractivity contribution in [3.8, 4) is 21.8 Å². The molecule has 0 amide bonds. The van der Waals surface area contributed by atoms with Crippen molar-refractivity contribution in [2.45, 2.75) is 20.8 Å². The van der Waals surface area contributed by atoms with E-state index in [0.29, 0.717) is 5.82 Å². The maximum Gasteiger partial charge on any atom is 0.187 e. The molecule has 0 bridgehead atoms. The highest BCUT2D eigenvalue weighted by molar-refractivity contribution is 7.13. The molecule has 0 saturated carbocycles. The van der Waals surface area contributed by atoms with E-state index < -0.39 is 0 Å². The Morgan fingerprint density at radius 1 is 1.05 bits per heavy atom. The van der Waals surface area contributed by atoms with Crippen LogP contribution in [-0.2, 0) is 0 Å². The monoisotopic (exact) mass is 284 g/mol. The van der Waals surface area contributed by atoms with Gasteiger partial charge in [-0.15, -0.1) is 11.3 Å². The third-order valence-corrected chi connectivity index (χ3v) is 4.60. The Bertz CT molecular complexity index is 771. The first-order valence-electron chi connectivity index (χ1n) is 6.45. The van der Waals surface area contributed by atoms with Gasteiger partial charge in [-0.05, 0) is 54.5 Å². The third-order valence-electron chi connectivity index (χ3n) is 3.58. The number of hydrogen-bond donors (Lipinski definition) is 1. The molecule has 0 saturated heterocycles. The average Bonchev–Trinajstić information content (AvgIpc) is 2.99. The van der Waals surface area contributed by atoms with Gasteiger partial charge in [0.1, 0.15) is 0 Å². The van der Waals surface area contributed by atoms with E-state index in [0.717, 1.165) is 21.8 Å². The minimum atomic E-state index is 0.441. The van der Waals surface area contributed by atoms with E-state index in [4.69, 9.17) is 10.3 Å². The zero-order valence-corrected chi connectivity index (χ0v) is 12.5. The SMILES string of the molecule is Cc1ccc(-c2c(N)noc2-c2sccc2C)cc1C. The minimum Gasteiger partial charge on any atom is -0.380 e. The largest absolute Gasteiger partial charge is 0.380 e. The van der Waals surface area contributed by atoms with Crippen LogP contribution < -0.4 is 5.73 Å². The van der Waals surface area contributed by atoms with Gasteiger partial charge in [-0.3, -0.25) is 0 Å². The van der Waals surface area contributed by atoms with Gasteiger partial charge in [0.05, 0.1) is 10.4 Å². The molecule has 102 valence electrons. The number of nitrogens with two attached hydrogens (primary N) is 1. The maximum absolute atomic E-state index is 6.02. The van der Waals surface area contributed by atoms with Crippen LogP contribution in [0.15, 0.2) is 34.2 Å². The van der Waals surface area contributed by atoms with E-state index in [-0.39, 0.29) is 0 Å². The second-order valence-electron chi connectivity index (χ2n) is 5.00. The van der Waals surface area contributed by atoms with Crippen LogP contribution in [0.2, 0.25) is 0 Å². The topological polar surface area (TPSA) is 52.0 Å². The van der Waals surface area contributed by atoms with E-state index in [2.05, 4.69) is 50.2 Å². The number of aromatic nitrogens is 1. The van der Waals surface area contributed by atoms with E-state index in [1.807, 2.05) is 5.38 Å². The molecule has 1 aromatic carbocycles. The first-order valence-corrected chi connectivity index (χ1v) is 7.33. The second-order valence-corrected chi connectivity index (χ2v) is 5.92. The van der Waals surface area contributed by atoms with Gasteiger partial charge >= 0.3 is 0 Å². The maximum atomic E-state index is 6.02. The first-order chi connectivity index (χ1) is 9.58. The Morgan fingerprint density at radius 3 is 2.50 bits per heavy atom. The Kier molecular flexibility index (Phi) is 3.10. The number of aryl methyl sites for hydroxylation is 3. The highest BCUT2D eigenvalue weighted by Gasteiger charge is 2.20. The molecule has 0 atom stereocenters. The van der Waals surface area contributed by atoms with Crippen molar-refractivity contribution in [2.75, 3.05) is 5.73 Å². The summed E-state index contributed by atoms with van der Waals surface area (Å²) in [4.78, 5) is 1.09. The van der Waals surface area contributed by atoms with Crippen LogP contribution in [0, 0.1) is 20.8 Å². The summed E-state index contributed by atoms with van der Waals surface area (Å²) < 4.78 is 5.48. The predicted molar refractivity (Wildman–Crippen MR) is 83.9 cm³/mol. The van der Waals surface area contributed by atoms with Gasteiger partial charge in [-0.25, -0.2) is 0 Å². The number of rotatable bonds is 2. The van der Waals surface area contributed by atoms with E-state index >= 15 is 0 Å². The zero-order valence-electron chi connectivity index (χ0n) is 11.7. The van der Waals surface area contributed by atoms with Crippen molar-refractivity contribution >= 4 is 17.2 Å². The normalized spacial score (nSPS) is 10.9. The first kappa shape index (κ1) is 12.9. The summed E-state index contributed by atoms with van der Waals surface area (Å²) in [6, 6.07) is 8.37. The van der Waals surface area contributed by atoms with Crippen molar-refractivity contribution < 1.29 is 4.52 Å². The summed E-state index contributed by atoms with van der Waals surface area (Å²) in [6.07, 6.45) is 0. The number of nitrogens with zero attached hydrogens (tertiary/aromatic N) is 1. The molecule has 0 spiro atoms. The third kappa shape index (κ3) is 2.02. The summed E-state index contributed by atoms with van der Waals surface area (Å²) >= 11 is 1.64. The van der Waals surface area contributed by atoms with Crippen LogP contribution in [0.4, 0.5) is 5.82 Å². The van der Waals surface area contributed by atoms with Crippen LogP contribution in [0.5, 0.6) is 0 Å². The van der Waals surface area contributed by atoms with Crippen molar-refractivity contribution in [1.29, 1.82) is 0 Å². The molecule has 4 heteroatoms. The molecule has 0 fully saturated rings. The fourth-order valence-electron chi connectivity index (χ4n) is 2.24. The molecule has 2 N–H and O–H groups in total. The molecule has 3 aromatic rings. The van der Waals surface area contributed by atoms with E-state index in [9.17, 15) is 0 Å². The number of thiophene rings is 1. The fraction of sp³-hybridized carbons (Fsp3) is 0.188. The number of nitrogen functional groups attached to an aromatic ring is 1. The van der Waals surface area contributed by atoms with E-state index in [1.54, 1.807) is 11.3 Å². The van der Waals surface area contributed by atoms with Crippen LogP contribution in [0.1, 0.15) is 16.7 Å². The Morgan fingerprint density at radius 2 is 1.85 bits per heavy atom. The molecular formula is C16H16N2OS. The molecule has 20 heavy (non-hydrogen) atoms. The van der Waals surface area contributed by atoms with E-state index in [1.165, 1.54) is 16.7 Å². The fourth-order valence-corrected chi connectivity index (χ4v) is 3.15. The Labute approximate surface area is 122 Å². The molecular weight excluding hydrogens is 268 g/mol. The molecule has 0 radical (unpaired) electrons. The van der Waals surface area contributed by atoms with Gasteiger partial charge in [-0.2, -0.15) is 0 Å². The van der Waals surface area contributed by atoms with Gasteiger partial charge < -0.3 is 10.3 Å². The van der Waals surface area contributed by atoms with Gasteiger partial charge in [0.25, 0.3) is 0 Å². The Balaban J connectivity index is 2.21. The number of benzene rings is 1. The molecule has 2 heterocycles. The molecule has 2 aromatic heterocycles. The molecule has 0 unspecified atom stereocenters. The second kappa shape index (κ2) is 4.80. The molecule has 3 rings (SSSR count). The van der Waals surface area contributed by atoms with Crippen molar-refractivity contribution in [3.63, 3.8) is 0 Å². The molecule has 0 aliphatic rings. The van der Waals surface area contributed by atoms with Crippen LogP contribution in [0.25, 0.3) is 21.8 Å². The standard InChI is InChI=1S/C16H16N2OS/c1-9-4-5-12(8-11(9)3)13-14(19-18-16(13)17)15-10(2)6-7-20-15/h4-8H,1-3H3,(H2,17,18). The van der Waals surface area contributed by atoms with Gasteiger partial charge in [0.15, 0.2) is 11.6 Å². The lowest BCUT2D eigenvalue weighted by atomic mass is 9.99. The zero-order chi connectivity index (χ0) is 14.3. The summed E-state index contributed by atoms with van der Waals surface area (Å²) in [6.45, 7) is 6.26. The molecule has 0 aliphatic carbocycles. The smallest absolute Gasteiger partial charge is 0.187 e. The summed E-state index contributed by atoms with van der Waals surface area (Å²) in [5.74, 6) is 1.20. The van der Waals surface area contributed by atoms with Crippen molar-refractivity contribution in [3.05, 3.63) is 46.3 Å². The van der Waals surface area contributed by atoms with Crippen LogP contribution >= 0.6 is 11.3 Å². The lowest BCUT2D eigenvalue weighted by Gasteiger charge is -2.05. The predicted octanol–water partition coefficient (Wildman–Crippen LogP) is 4.58. The van der Waals surface area contributed by atoms with Crippen molar-refractivity contribution in [2.24, 2.45) is 0 Å². The summed E-state index contributed by atoms with van der Waals surface area (Å²) in [5, 5.41) is 6.00. The average molecular weight is 284 g/mol. The summed E-state index contributed by atoms with van der Waals surface area (Å²) in [7, 11) is 0. The van der Waals surface area contributed by atoms with Crippen molar-refractivity contribution in [1.82, 2.24) is 5.16 Å². The lowest BCUT2D eigenvalue weighted by Crippen LogP contribution is -1.90. The van der Waals surface area contributed by atoms with Gasteiger partial charge in [0, 0.05) is 0 Å². The minimum absolute atomic E-state index is 0.441. The summed E-state index contributed by atoms with van der Waals surface area (Å²) in [5.41, 5.74) is 11.6. The number of anilines is 1. The van der Waals surface area contributed by atoms with Crippen LogP contribution in [-0.4, -0.2) is 5.16 Å². The quantitative estimate of drug-likeness (QED) is 0.749. The lowest BCUT2D eigenvalue weighted by molar-refractivity contribution is 0.437. The molecule has 3 nitrogen and oxygen atoms in total. The Hall–Kier alpha value is -2.07.